The second-order valence-corrected chi connectivity index (χ2v) is 6.04. The predicted molar refractivity (Wildman–Crippen MR) is 70.4 cm³/mol. The lowest BCUT2D eigenvalue weighted by atomic mass is 10.2. The molecule has 0 amide bonds. The summed E-state index contributed by atoms with van der Waals surface area (Å²) < 4.78 is 1.03. The molecule has 0 aliphatic rings. The van der Waals surface area contributed by atoms with Crippen LogP contribution in [-0.2, 0) is 0 Å². The molecule has 0 aliphatic heterocycles. The molecule has 2 unspecified atom stereocenters. The molecule has 1 N–H and O–H groups in total. The smallest absolute Gasteiger partial charge is 0.0963 e. The average Bonchev–Trinajstić information content (AvgIpc) is 2.21. The number of nitrogens with one attached hydrogen (secondary N) is 1. The van der Waals surface area contributed by atoms with E-state index in [-0.39, 0.29) is 0 Å². The van der Waals surface area contributed by atoms with Crippen LogP contribution in [0, 0.1) is 0 Å². The highest BCUT2D eigenvalue weighted by Gasteiger charge is 2.09. The molecular weight excluding hydrogens is 272 g/mol. The summed E-state index contributed by atoms with van der Waals surface area (Å²) in [6.07, 6.45) is 3.00. The first-order valence-electron chi connectivity index (χ1n) is 5.07. The van der Waals surface area contributed by atoms with Gasteiger partial charge >= 0.3 is 0 Å². The second kappa shape index (κ2) is 6.51. The van der Waals surface area contributed by atoms with E-state index >= 15 is 0 Å². The standard InChI is InChI=1S/C11H17BrN2S/c1-8(13-3)6-9(2)15-11-5-4-10(12)7-14-11/h4-5,7-9,13H,6H2,1-3H3. The van der Waals surface area contributed by atoms with E-state index in [9.17, 15) is 0 Å². The molecular formula is C11H17BrN2S. The van der Waals surface area contributed by atoms with Gasteiger partial charge in [-0.05, 0) is 48.5 Å². The molecule has 0 radical (unpaired) electrons. The first-order chi connectivity index (χ1) is 7.11. The molecule has 0 fully saturated rings. The van der Waals surface area contributed by atoms with Crippen molar-refractivity contribution >= 4 is 27.7 Å². The molecule has 84 valence electrons. The number of aromatic nitrogens is 1. The summed E-state index contributed by atoms with van der Waals surface area (Å²) in [7, 11) is 2.00. The fraction of sp³-hybridized carbons (Fsp3) is 0.545. The minimum Gasteiger partial charge on any atom is -0.317 e. The van der Waals surface area contributed by atoms with Gasteiger partial charge in [0.05, 0.1) is 5.03 Å². The molecule has 0 saturated heterocycles. The highest BCUT2D eigenvalue weighted by molar-refractivity contribution is 9.10. The summed E-state index contributed by atoms with van der Waals surface area (Å²) in [4.78, 5) is 4.35. The van der Waals surface area contributed by atoms with E-state index in [0.717, 1.165) is 15.9 Å². The van der Waals surface area contributed by atoms with E-state index < -0.39 is 0 Å². The molecule has 1 aromatic heterocycles. The molecule has 15 heavy (non-hydrogen) atoms. The van der Waals surface area contributed by atoms with E-state index in [1.807, 2.05) is 31.1 Å². The summed E-state index contributed by atoms with van der Waals surface area (Å²) in [5.74, 6) is 0. The SMILES string of the molecule is CNC(C)CC(C)Sc1ccc(Br)cn1. The Morgan fingerprint density at radius 2 is 2.20 bits per heavy atom. The zero-order valence-electron chi connectivity index (χ0n) is 9.33. The first-order valence-corrected chi connectivity index (χ1v) is 6.74. The predicted octanol–water partition coefficient (Wildman–Crippen LogP) is 3.32. The Morgan fingerprint density at radius 1 is 1.47 bits per heavy atom. The summed E-state index contributed by atoms with van der Waals surface area (Å²) in [5.41, 5.74) is 0. The molecule has 1 aromatic rings. The molecule has 1 rings (SSSR count). The number of hydrogen-bond acceptors (Lipinski definition) is 3. The number of halogens is 1. The number of hydrogen-bond donors (Lipinski definition) is 1. The van der Waals surface area contributed by atoms with Crippen LogP contribution < -0.4 is 5.32 Å². The topological polar surface area (TPSA) is 24.9 Å². The van der Waals surface area contributed by atoms with Gasteiger partial charge in [0.15, 0.2) is 0 Å². The van der Waals surface area contributed by atoms with Crippen LogP contribution in [0.5, 0.6) is 0 Å². The zero-order valence-corrected chi connectivity index (χ0v) is 11.7. The van der Waals surface area contributed by atoms with Crippen molar-refractivity contribution < 1.29 is 0 Å². The molecule has 1 heterocycles. The molecule has 0 aliphatic carbocycles. The van der Waals surface area contributed by atoms with Crippen LogP contribution >= 0.6 is 27.7 Å². The van der Waals surface area contributed by atoms with Gasteiger partial charge in [-0.15, -0.1) is 11.8 Å². The van der Waals surface area contributed by atoms with E-state index in [2.05, 4.69) is 46.1 Å². The lowest BCUT2D eigenvalue weighted by molar-refractivity contribution is 0.564. The van der Waals surface area contributed by atoms with Gasteiger partial charge in [0.2, 0.25) is 0 Å². The van der Waals surface area contributed by atoms with Crippen molar-refractivity contribution in [2.45, 2.75) is 36.6 Å². The van der Waals surface area contributed by atoms with Crippen LogP contribution in [0.3, 0.4) is 0 Å². The van der Waals surface area contributed by atoms with Gasteiger partial charge in [0.25, 0.3) is 0 Å². The summed E-state index contributed by atoms with van der Waals surface area (Å²) >= 11 is 5.21. The normalized spacial score (nSPS) is 14.9. The maximum atomic E-state index is 4.35. The maximum absolute atomic E-state index is 4.35. The Bertz CT molecular complexity index is 289. The van der Waals surface area contributed by atoms with Crippen LogP contribution in [0.25, 0.3) is 0 Å². The molecule has 0 spiro atoms. The van der Waals surface area contributed by atoms with Crippen LogP contribution in [0.2, 0.25) is 0 Å². The third-order valence-corrected chi connectivity index (χ3v) is 3.75. The zero-order chi connectivity index (χ0) is 11.3. The third kappa shape index (κ3) is 5.00. The van der Waals surface area contributed by atoms with Gasteiger partial charge in [0.1, 0.15) is 0 Å². The number of pyridine rings is 1. The minimum atomic E-state index is 0.558. The lowest BCUT2D eigenvalue weighted by Crippen LogP contribution is -2.24. The van der Waals surface area contributed by atoms with Crippen molar-refractivity contribution in [3.63, 3.8) is 0 Å². The number of rotatable bonds is 5. The maximum Gasteiger partial charge on any atom is 0.0963 e. The highest BCUT2D eigenvalue weighted by Crippen LogP contribution is 2.24. The van der Waals surface area contributed by atoms with Crippen molar-refractivity contribution in [2.75, 3.05) is 7.05 Å². The van der Waals surface area contributed by atoms with Gasteiger partial charge in [-0.3, -0.25) is 0 Å². The molecule has 0 saturated carbocycles. The van der Waals surface area contributed by atoms with Crippen molar-refractivity contribution in [2.24, 2.45) is 0 Å². The van der Waals surface area contributed by atoms with Gasteiger partial charge in [-0.1, -0.05) is 6.92 Å². The quantitative estimate of drug-likeness (QED) is 0.842. The molecule has 0 aromatic carbocycles. The van der Waals surface area contributed by atoms with Crippen molar-refractivity contribution in [1.82, 2.24) is 10.3 Å². The van der Waals surface area contributed by atoms with Crippen LogP contribution in [-0.4, -0.2) is 23.3 Å². The van der Waals surface area contributed by atoms with Crippen LogP contribution in [0.1, 0.15) is 20.3 Å². The Morgan fingerprint density at radius 3 is 2.73 bits per heavy atom. The summed E-state index contributed by atoms with van der Waals surface area (Å²) in [5, 5.41) is 4.93. The van der Waals surface area contributed by atoms with Gasteiger partial charge in [-0.2, -0.15) is 0 Å². The Hall–Kier alpha value is -0.0600. The Balaban J connectivity index is 2.44. The monoisotopic (exact) mass is 288 g/mol. The van der Waals surface area contributed by atoms with Gasteiger partial charge < -0.3 is 5.32 Å². The van der Waals surface area contributed by atoms with Gasteiger partial charge in [-0.25, -0.2) is 4.98 Å². The van der Waals surface area contributed by atoms with E-state index in [1.165, 1.54) is 0 Å². The van der Waals surface area contributed by atoms with Crippen molar-refractivity contribution in [3.05, 3.63) is 22.8 Å². The molecule has 2 nitrogen and oxygen atoms in total. The third-order valence-electron chi connectivity index (χ3n) is 2.20. The van der Waals surface area contributed by atoms with E-state index in [4.69, 9.17) is 0 Å². The largest absolute Gasteiger partial charge is 0.317 e. The Labute approximate surface area is 104 Å². The fourth-order valence-electron chi connectivity index (χ4n) is 1.30. The summed E-state index contributed by atoms with van der Waals surface area (Å²) in [6, 6.07) is 4.64. The van der Waals surface area contributed by atoms with E-state index in [0.29, 0.717) is 11.3 Å². The molecule has 4 heteroatoms. The lowest BCUT2D eigenvalue weighted by Gasteiger charge is -2.15. The molecule has 0 bridgehead atoms. The van der Waals surface area contributed by atoms with Crippen LogP contribution in [0.4, 0.5) is 0 Å². The van der Waals surface area contributed by atoms with Crippen LogP contribution in [0.15, 0.2) is 27.8 Å². The Kier molecular flexibility index (Phi) is 5.64. The molecule has 2 atom stereocenters. The van der Waals surface area contributed by atoms with Crippen molar-refractivity contribution in [1.29, 1.82) is 0 Å². The highest BCUT2D eigenvalue weighted by atomic mass is 79.9. The van der Waals surface area contributed by atoms with Crippen molar-refractivity contribution in [3.8, 4) is 0 Å². The van der Waals surface area contributed by atoms with E-state index in [1.54, 1.807) is 0 Å². The fourth-order valence-corrected chi connectivity index (χ4v) is 2.59. The summed E-state index contributed by atoms with van der Waals surface area (Å²) in [6.45, 7) is 4.44. The second-order valence-electron chi connectivity index (χ2n) is 3.67. The number of nitrogens with zero attached hydrogens (tertiary/aromatic N) is 1. The first kappa shape index (κ1) is 13.0. The average molecular weight is 289 g/mol. The van der Waals surface area contributed by atoms with Gasteiger partial charge in [0, 0.05) is 22.0 Å². The number of thioether (sulfide) groups is 1. The minimum absolute atomic E-state index is 0.558.